The zero-order valence-electron chi connectivity index (χ0n) is 10.7. The minimum Gasteiger partial charge on any atom is -0.478 e. The highest BCUT2D eigenvalue weighted by atomic mass is 79.9. The van der Waals surface area contributed by atoms with E-state index >= 15 is 0 Å². The van der Waals surface area contributed by atoms with Crippen LogP contribution in [0.4, 0.5) is 0 Å². The summed E-state index contributed by atoms with van der Waals surface area (Å²) in [5.74, 6) is -0.736. The van der Waals surface area contributed by atoms with Crippen LogP contribution in [0.1, 0.15) is 22.8 Å². The number of aromatic carboxylic acids is 1. The molecule has 2 aromatic rings. The first kappa shape index (κ1) is 14.3. The number of sulfone groups is 1. The number of carboxylic acids is 1. The Morgan fingerprint density at radius 2 is 2.24 bits per heavy atom. The van der Waals surface area contributed by atoms with E-state index in [1.807, 2.05) is 0 Å². The van der Waals surface area contributed by atoms with Crippen molar-refractivity contribution in [3.8, 4) is 11.5 Å². The molecule has 3 heterocycles. The van der Waals surface area contributed by atoms with Crippen molar-refractivity contribution < 1.29 is 22.7 Å². The van der Waals surface area contributed by atoms with Gasteiger partial charge in [-0.1, -0.05) is 0 Å². The first-order valence-corrected chi connectivity index (χ1v) is 8.76. The van der Waals surface area contributed by atoms with E-state index in [1.165, 1.54) is 10.9 Å². The highest BCUT2D eigenvalue weighted by Crippen LogP contribution is 2.30. The number of furan rings is 1. The second-order valence-electron chi connectivity index (χ2n) is 4.84. The molecule has 1 unspecified atom stereocenters. The van der Waals surface area contributed by atoms with E-state index in [4.69, 9.17) is 4.42 Å². The third-order valence-electron chi connectivity index (χ3n) is 3.35. The Bertz CT molecular complexity index is 807. The summed E-state index contributed by atoms with van der Waals surface area (Å²) < 4.78 is 30.3. The van der Waals surface area contributed by atoms with Gasteiger partial charge in [-0.2, -0.15) is 5.10 Å². The Kier molecular flexibility index (Phi) is 3.40. The molecule has 1 saturated heterocycles. The minimum absolute atomic E-state index is 0.0128. The molecule has 0 spiro atoms. The molecule has 1 fully saturated rings. The number of rotatable bonds is 3. The maximum atomic E-state index is 11.5. The van der Waals surface area contributed by atoms with Gasteiger partial charge in [-0.3, -0.25) is 4.68 Å². The number of carbonyl (C=O) groups is 1. The van der Waals surface area contributed by atoms with E-state index in [9.17, 15) is 18.3 Å². The van der Waals surface area contributed by atoms with E-state index in [1.54, 1.807) is 12.1 Å². The van der Waals surface area contributed by atoms with Crippen LogP contribution in [0.25, 0.3) is 11.5 Å². The fourth-order valence-electron chi connectivity index (χ4n) is 2.34. The quantitative estimate of drug-likeness (QED) is 0.880. The first-order valence-electron chi connectivity index (χ1n) is 6.14. The van der Waals surface area contributed by atoms with Crippen molar-refractivity contribution in [1.29, 1.82) is 0 Å². The molecule has 7 nitrogen and oxygen atoms in total. The normalized spacial score (nSPS) is 20.7. The molecule has 2 aromatic heterocycles. The lowest BCUT2D eigenvalue weighted by molar-refractivity contribution is 0.0697. The summed E-state index contributed by atoms with van der Waals surface area (Å²) in [4.78, 5) is 11.3. The molecule has 9 heteroatoms. The van der Waals surface area contributed by atoms with Crippen molar-refractivity contribution >= 4 is 31.7 Å². The van der Waals surface area contributed by atoms with E-state index in [0.717, 1.165) is 0 Å². The van der Waals surface area contributed by atoms with Crippen molar-refractivity contribution in [2.45, 2.75) is 12.5 Å². The van der Waals surface area contributed by atoms with Gasteiger partial charge in [-0.05, 0) is 34.5 Å². The highest BCUT2D eigenvalue weighted by molar-refractivity contribution is 9.10. The Balaban J connectivity index is 2.03. The molecule has 0 saturated carbocycles. The lowest BCUT2D eigenvalue weighted by atomic mass is 10.2. The van der Waals surface area contributed by atoms with Crippen LogP contribution < -0.4 is 0 Å². The third kappa shape index (κ3) is 2.75. The molecule has 1 aliphatic rings. The Hall–Kier alpha value is -1.61. The summed E-state index contributed by atoms with van der Waals surface area (Å²) in [6, 6.07) is 2.91. The maximum Gasteiger partial charge on any atom is 0.339 e. The highest BCUT2D eigenvalue weighted by Gasteiger charge is 2.31. The van der Waals surface area contributed by atoms with Gasteiger partial charge in [-0.15, -0.1) is 0 Å². The summed E-state index contributed by atoms with van der Waals surface area (Å²) in [7, 11) is -3.07. The lowest BCUT2D eigenvalue weighted by Crippen LogP contribution is -2.11. The SMILES string of the molecule is O=C(O)c1cn(C2CCS(=O)(=O)C2)nc1-c1ccc(Br)o1. The standard InChI is InChI=1S/C12H11BrN2O5S/c13-10-2-1-9(20-10)11-8(12(16)17)5-15(14-11)7-3-4-21(18,19)6-7/h1-2,5,7H,3-4,6H2,(H,16,17). The van der Waals surface area contributed by atoms with Gasteiger partial charge in [0.2, 0.25) is 0 Å². The maximum absolute atomic E-state index is 11.5. The van der Waals surface area contributed by atoms with E-state index in [0.29, 0.717) is 16.9 Å². The Morgan fingerprint density at radius 1 is 1.48 bits per heavy atom. The monoisotopic (exact) mass is 374 g/mol. The van der Waals surface area contributed by atoms with E-state index in [2.05, 4.69) is 21.0 Å². The zero-order chi connectivity index (χ0) is 15.2. The summed E-state index contributed by atoms with van der Waals surface area (Å²) in [6.45, 7) is 0. The van der Waals surface area contributed by atoms with Gasteiger partial charge in [0.25, 0.3) is 0 Å². The van der Waals surface area contributed by atoms with Gasteiger partial charge in [0.15, 0.2) is 20.3 Å². The molecule has 0 aliphatic carbocycles. The predicted molar refractivity (Wildman–Crippen MR) is 76.9 cm³/mol. The molecule has 0 bridgehead atoms. The second-order valence-corrected chi connectivity index (χ2v) is 7.85. The molecular formula is C12H11BrN2O5S. The zero-order valence-corrected chi connectivity index (χ0v) is 13.1. The van der Waals surface area contributed by atoms with Gasteiger partial charge in [-0.25, -0.2) is 13.2 Å². The molecule has 1 atom stereocenters. The molecular weight excluding hydrogens is 364 g/mol. The fourth-order valence-corrected chi connectivity index (χ4v) is 4.35. The molecule has 21 heavy (non-hydrogen) atoms. The Labute approximate surface area is 128 Å². The van der Waals surface area contributed by atoms with Gasteiger partial charge in [0, 0.05) is 6.20 Å². The molecule has 0 amide bonds. The van der Waals surface area contributed by atoms with Gasteiger partial charge < -0.3 is 9.52 Å². The van der Waals surface area contributed by atoms with Gasteiger partial charge in [0.1, 0.15) is 11.3 Å². The van der Waals surface area contributed by atoms with Gasteiger partial charge >= 0.3 is 5.97 Å². The average Bonchev–Trinajstić information content (AvgIpc) is 3.06. The number of halogens is 1. The summed E-state index contributed by atoms with van der Waals surface area (Å²) in [5.41, 5.74) is 0.179. The van der Waals surface area contributed by atoms with Crippen molar-refractivity contribution in [3.63, 3.8) is 0 Å². The second kappa shape index (κ2) is 4.99. The number of nitrogens with zero attached hydrogens (tertiary/aromatic N) is 2. The molecule has 0 aromatic carbocycles. The van der Waals surface area contributed by atoms with Crippen molar-refractivity contribution in [2.24, 2.45) is 0 Å². The van der Waals surface area contributed by atoms with Crippen LogP contribution in [0.15, 0.2) is 27.4 Å². The number of hydrogen-bond acceptors (Lipinski definition) is 5. The molecule has 0 radical (unpaired) electrons. The largest absolute Gasteiger partial charge is 0.478 e. The molecule has 1 N–H and O–H groups in total. The number of carboxylic acid groups (broad SMARTS) is 1. The number of hydrogen-bond donors (Lipinski definition) is 1. The Morgan fingerprint density at radius 3 is 2.76 bits per heavy atom. The summed E-state index contributed by atoms with van der Waals surface area (Å²) in [5, 5.41) is 13.5. The minimum atomic E-state index is -3.07. The first-order chi connectivity index (χ1) is 9.85. The number of aromatic nitrogens is 2. The molecule has 1 aliphatic heterocycles. The van der Waals surface area contributed by atoms with E-state index in [-0.39, 0.29) is 28.8 Å². The lowest BCUT2D eigenvalue weighted by Gasteiger charge is -2.07. The molecule has 3 rings (SSSR count). The topological polar surface area (TPSA) is 102 Å². The predicted octanol–water partition coefficient (Wildman–Crippen LogP) is 1.96. The van der Waals surface area contributed by atoms with Crippen LogP contribution in [0.3, 0.4) is 0 Å². The summed E-state index contributed by atoms with van der Waals surface area (Å²) in [6.07, 6.45) is 1.80. The smallest absolute Gasteiger partial charge is 0.339 e. The van der Waals surface area contributed by atoms with E-state index < -0.39 is 15.8 Å². The average molecular weight is 375 g/mol. The van der Waals surface area contributed by atoms with Crippen LogP contribution in [-0.2, 0) is 9.84 Å². The van der Waals surface area contributed by atoms with Crippen LogP contribution in [-0.4, -0.2) is 40.8 Å². The van der Waals surface area contributed by atoms with Crippen LogP contribution in [0.2, 0.25) is 0 Å². The van der Waals surface area contributed by atoms with Gasteiger partial charge in [0.05, 0.1) is 17.5 Å². The van der Waals surface area contributed by atoms with Crippen LogP contribution >= 0.6 is 15.9 Å². The van der Waals surface area contributed by atoms with Crippen molar-refractivity contribution in [3.05, 3.63) is 28.6 Å². The fraction of sp³-hybridized carbons (Fsp3) is 0.333. The summed E-state index contributed by atoms with van der Waals surface area (Å²) >= 11 is 3.15. The van der Waals surface area contributed by atoms with Crippen LogP contribution in [0.5, 0.6) is 0 Å². The molecule has 112 valence electrons. The van der Waals surface area contributed by atoms with Crippen molar-refractivity contribution in [1.82, 2.24) is 9.78 Å². The van der Waals surface area contributed by atoms with Crippen LogP contribution in [0, 0.1) is 0 Å². The third-order valence-corrected chi connectivity index (χ3v) is 5.53. The van der Waals surface area contributed by atoms with Crippen molar-refractivity contribution in [2.75, 3.05) is 11.5 Å².